The Bertz CT molecular complexity index is 454. The highest BCUT2D eigenvalue weighted by atomic mass is 19.3. The molecule has 0 fully saturated rings. The largest absolute Gasteiger partial charge is 0.467 e. The summed E-state index contributed by atoms with van der Waals surface area (Å²) in [5.74, 6) is -0.602. The van der Waals surface area contributed by atoms with E-state index in [-0.39, 0.29) is 5.75 Å². The number of hydrogen-bond donors (Lipinski definition) is 1. The Kier molecular flexibility index (Phi) is 5.88. The van der Waals surface area contributed by atoms with Crippen molar-refractivity contribution < 1.29 is 23.0 Å². The highest BCUT2D eigenvalue weighted by Gasteiger charge is 2.38. The van der Waals surface area contributed by atoms with Crippen LogP contribution in [-0.4, -0.2) is 26.2 Å². The summed E-state index contributed by atoms with van der Waals surface area (Å²) in [7, 11) is 1.25. The topological polar surface area (TPSA) is 47.6 Å². The number of para-hydroxylation sites is 1. The molecule has 0 heterocycles. The maximum absolute atomic E-state index is 12.5. The van der Waals surface area contributed by atoms with E-state index < -0.39 is 18.1 Å². The third kappa shape index (κ3) is 3.66. The molecule has 1 atom stereocenters. The van der Waals surface area contributed by atoms with Gasteiger partial charge < -0.3 is 9.47 Å². The summed E-state index contributed by atoms with van der Waals surface area (Å²) in [6, 6.07) is 6.19. The SMILES string of the molecule is CCCNC(C)(C(=O)OC)c1ccccc1OC(F)F. The summed E-state index contributed by atoms with van der Waals surface area (Å²) in [6.45, 7) is 1.10. The quantitative estimate of drug-likeness (QED) is 0.783. The van der Waals surface area contributed by atoms with Gasteiger partial charge in [0, 0.05) is 5.56 Å². The summed E-state index contributed by atoms with van der Waals surface area (Å²) in [5, 5.41) is 3.03. The van der Waals surface area contributed by atoms with Crippen LogP contribution in [0.3, 0.4) is 0 Å². The van der Waals surface area contributed by atoms with E-state index in [0.29, 0.717) is 12.1 Å². The Balaban J connectivity index is 3.22. The highest BCUT2D eigenvalue weighted by Crippen LogP contribution is 2.32. The van der Waals surface area contributed by atoms with Crippen molar-refractivity contribution in [3.63, 3.8) is 0 Å². The molecule has 0 amide bonds. The standard InChI is InChI=1S/C14H19F2NO3/c1-4-9-17-14(2,12(18)19-3)10-7-5-6-8-11(10)20-13(15)16/h5-8,13,17H,4,9H2,1-3H3. The van der Waals surface area contributed by atoms with Crippen molar-refractivity contribution in [3.05, 3.63) is 29.8 Å². The van der Waals surface area contributed by atoms with E-state index >= 15 is 0 Å². The van der Waals surface area contributed by atoms with Gasteiger partial charge in [-0.2, -0.15) is 8.78 Å². The molecule has 0 aliphatic rings. The normalized spacial score (nSPS) is 13.9. The lowest BCUT2D eigenvalue weighted by molar-refractivity contribution is -0.148. The molecule has 20 heavy (non-hydrogen) atoms. The van der Waals surface area contributed by atoms with Crippen molar-refractivity contribution in [2.75, 3.05) is 13.7 Å². The van der Waals surface area contributed by atoms with Crippen LogP contribution in [0.4, 0.5) is 8.78 Å². The zero-order chi connectivity index (χ0) is 15.2. The fraction of sp³-hybridized carbons (Fsp3) is 0.500. The van der Waals surface area contributed by atoms with Crippen LogP contribution in [0.15, 0.2) is 24.3 Å². The first kappa shape index (κ1) is 16.4. The number of hydrogen-bond acceptors (Lipinski definition) is 4. The molecule has 0 aromatic heterocycles. The highest BCUT2D eigenvalue weighted by molar-refractivity contribution is 5.83. The van der Waals surface area contributed by atoms with Gasteiger partial charge in [0.15, 0.2) is 0 Å². The summed E-state index contributed by atoms with van der Waals surface area (Å²) in [5.41, 5.74) is -0.920. The molecule has 0 spiro atoms. The van der Waals surface area contributed by atoms with E-state index in [1.165, 1.54) is 13.2 Å². The van der Waals surface area contributed by atoms with E-state index in [9.17, 15) is 13.6 Å². The van der Waals surface area contributed by atoms with Crippen molar-refractivity contribution in [1.82, 2.24) is 5.32 Å². The van der Waals surface area contributed by atoms with Gasteiger partial charge in [-0.25, -0.2) is 4.79 Å². The van der Waals surface area contributed by atoms with Gasteiger partial charge in [-0.15, -0.1) is 0 Å². The molecular formula is C14H19F2NO3. The lowest BCUT2D eigenvalue weighted by Crippen LogP contribution is -2.48. The second-order valence-corrected chi connectivity index (χ2v) is 4.42. The number of methoxy groups -OCH3 is 1. The van der Waals surface area contributed by atoms with Crippen molar-refractivity contribution in [3.8, 4) is 5.75 Å². The average Bonchev–Trinajstić information content (AvgIpc) is 2.43. The molecule has 0 saturated carbocycles. The fourth-order valence-corrected chi connectivity index (χ4v) is 1.93. The molecule has 1 aromatic carbocycles. The van der Waals surface area contributed by atoms with Crippen LogP contribution in [0.2, 0.25) is 0 Å². The predicted octanol–water partition coefficient (Wildman–Crippen LogP) is 2.68. The Morgan fingerprint density at radius 2 is 2.05 bits per heavy atom. The number of rotatable bonds is 7. The van der Waals surface area contributed by atoms with Gasteiger partial charge in [-0.1, -0.05) is 25.1 Å². The van der Waals surface area contributed by atoms with Crippen molar-refractivity contribution in [2.45, 2.75) is 32.4 Å². The van der Waals surface area contributed by atoms with Crippen LogP contribution >= 0.6 is 0 Å². The number of alkyl halides is 2. The minimum atomic E-state index is -2.95. The van der Waals surface area contributed by atoms with Crippen LogP contribution in [0.5, 0.6) is 5.75 Å². The molecule has 1 aromatic rings. The van der Waals surface area contributed by atoms with Gasteiger partial charge in [-0.05, 0) is 26.0 Å². The van der Waals surface area contributed by atoms with E-state index in [0.717, 1.165) is 6.42 Å². The zero-order valence-electron chi connectivity index (χ0n) is 11.8. The molecule has 0 aliphatic heterocycles. The van der Waals surface area contributed by atoms with Crippen molar-refractivity contribution in [2.24, 2.45) is 0 Å². The number of esters is 1. The maximum atomic E-state index is 12.5. The van der Waals surface area contributed by atoms with Gasteiger partial charge in [0.2, 0.25) is 0 Å². The number of ether oxygens (including phenoxy) is 2. The third-order valence-electron chi connectivity index (χ3n) is 2.96. The van der Waals surface area contributed by atoms with Crippen LogP contribution in [0, 0.1) is 0 Å². The number of carbonyl (C=O) groups excluding carboxylic acids is 1. The summed E-state index contributed by atoms with van der Waals surface area (Å²) in [6.07, 6.45) is 0.782. The summed E-state index contributed by atoms with van der Waals surface area (Å²) >= 11 is 0. The molecule has 1 N–H and O–H groups in total. The van der Waals surface area contributed by atoms with Crippen LogP contribution in [-0.2, 0) is 15.1 Å². The van der Waals surface area contributed by atoms with Crippen LogP contribution in [0.25, 0.3) is 0 Å². The summed E-state index contributed by atoms with van der Waals surface area (Å²) in [4.78, 5) is 12.1. The number of halogens is 2. The molecule has 0 radical (unpaired) electrons. The smallest absolute Gasteiger partial charge is 0.387 e. The molecule has 0 bridgehead atoms. The van der Waals surface area contributed by atoms with Gasteiger partial charge in [0.1, 0.15) is 11.3 Å². The van der Waals surface area contributed by atoms with Crippen LogP contribution in [0.1, 0.15) is 25.8 Å². The molecule has 6 heteroatoms. The number of benzene rings is 1. The Morgan fingerprint density at radius 3 is 2.60 bits per heavy atom. The van der Waals surface area contributed by atoms with E-state index in [1.54, 1.807) is 25.1 Å². The Labute approximate surface area is 117 Å². The third-order valence-corrected chi connectivity index (χ3v) is 2.96. The molecule has 0 saturated heterocycles. The summed E-state index contributed by atoms with van der Waals surface area (Å²) < 4.78 is 34.2. The lowest BCUT2D eigenvalue weighted by atomic mass is 9.91. The first-order chi connectivity index (χ1) is 9.45. The average molecular weight is 287 g/mol. The number of carbonyl (C=O) groups is 1. The monoisotopic (exact) mass is 287 g/mol. The predicted molar refractivity (Wildman–Crippen MR) is 70.7 cm³/mol. The molecule has 112 valence electrons. The van der Waals surface area contributed by atoms with Crippen molar-refractivity contribution in [1.29, 1.82) is 0 Å². The van der Waals surface area contributed by atoms with E-state index in [4.69, 9.17) is 4.74 Å². The molecule has 1 rings (SSSR count). The molecule has 4 nitrogen and oxygen atoms in total. The van der Waals surface area contributed by atoms with Gasteiger partial charge in [0.05, 0.1) is 7.11 Å². The maximum Gasteiger partial charge on any atom is 0.387 e. The minimum absolute atomic E-state index is 0.0426. The first-order valence-electron chi connectivity index (χ1n) is 6.33. The fourth-order valence-electron chi connectivity index (χ4n) is 1.93. The lowest BCUT2D eigenvalue weighted by Gasteiger charge is -2.30. The van der Waals surface area contributed by atoms with E-state index in [1.807, 2.05) is 6.92 Å². The van der Waals surface area contributed by atoms with Gasteiger partial charge in [-0.3, -0.25) is 5.32 Å². The number of nitrogens with one attached hydrogen (secondary N) is 1. The van der Waals surface area contributed by atoms with E-state index in [2.05, 4.69) is 10.1 Å². The zero-order valence-corrected chi connectivity index (χ0v) is 11.8. The second-order valence-electron chi connectivity index (χ2n) is 4.42. The first-order valence-corrected chi connectivity index (χ1v) is 6.33. The van der Waals surface area contributed by atoms with Crippen LogP contribution < -0.4 is 10.1 Å². The Hall–Kier alpha value is -1.69. The Morgan fingerprint density at radius 1 is 1.40 bits per heavy atom. The second kappa shape index (κ2) is 7.19. The minimum Gasteiger partial charge on any atom is -0.467 e. The molecular weight excluding hydrogens is 268 g/mol. The van der Waals surface area contributed by atoms with Crippen molar-refractivity contribution >= 4 is 5.97 Å². The molecule has 0 aliphatic carbocycles. The van der Waals surface area contributed by atoms with Gasteiger partial charge >= 0.3 is 12.6 Å². The molecule has 1 unspecified atom stereocenters. The van der Waals surface area contributed by atoms with Gasteiger partial charge in [0.25, 0.3) is 0 Å².